The van der Waals surface area contributed by atoms with Crippen LogP contribution in [0.3, 0.4) is 0 Å². The summed E-state index contributed by atoms with van der Waals surface area (Å²) in [6.07, 6.45) is 4.96. The second kappa shape index (κ2) is 5.91. The molecule has 0 radical (unpaired) electrons. The Bertz CT molecular complexity index is 563. The van der Waals surface area contributed by atoms with Crippen LogP contribution >= 0.6 is 23.4 Å². The van der Waals surface area contributed by atoms with Crippen molar-refractivity contribution in [3.63, 3.8) is 0 Å². The van der Waals surface area contributed by atoms with Crippen LogP contribution in [0.1, 0.15) is 19.3 Å². The van der Waals surface area contributed by atoms with Gasteiger partial charge in [-0.05, 0) is 37.3 Å². The Morgan fingerprint density at radius 1 is 1.42 bits per heavy atom. The maximum absolute atomic E-state index is 12.4. The number of nitrogens with two attached hydrogens (primary N) is 1. The van der Waals surface area contributed by atoms with Gasteiger partial charge >= 0.3 is 0 Å². The third kappa shape index (κ3) is 3.37. The Labute approximate surface area is 123 Å². The minimum Gasteiger partial charge on any atom is -0.399 e. The number of hydrogen-bond acceptors (Lipinski definition) is 4. The highest BCUT2D eigenvalue weighted by atomic mass is 35.5. The van der Waals surface area contributed by atoms with Crippen molar-refractivity contribution in [3.05, 3.63) is 23.2 Å². The van der Waals surface area contributed by atoms with E-state index in [9.17, 15) is 8.42 Å². The fourth-order valence-corrected chi connectivity index (χ4v) is 5.20. The summed E-state index contributed by atoms with van der Waals surface area (Å²) in [6, 6.07) is 4.46. The molecule has 2 atom stereocenters. The Hall–Kier alpha value is -0.430. The van der Waals surface area contributed by atoms with Gasteiger partial charge in [0.15, 0.2) is 0 Å². The summed E-state index contributed by atoms with van der Waals surface area (Å²) in [6.45, 7) is 0. The predicted octanol–water partition coefficient (Wildman–Crippen LogP) is 2.48. The number of nitrogen functional groups attached to an aromatic ring is 1. The summed E-state index contributed by atoms with van der Waals surface area (Å²) in [5.74, 6) is 0. The zero-order valence-corrected chi connectivity index (χ0v) is 13.0. The first-order chi connectivity index (χ1) is 8.94. The van der Waals surface area contributed by atoms with Crippen LogP contribution in [0.25, 0.3) is 0 Å². The monoisotopic (exact) mass is 320 g/mol. The molecule has 1 fully saturated rings. The number of benzene rings is 1. The average Bonchev–Trinajstić information content (AvgIpc) is 2.78. The van der Waals surface area contributed by atoms with E-state index in [4.69, 9.17) is 17.3 Å². The lowest BCUT2D eigenvalue weighted by Gasteiger charge is -2.19. The fraction of sp³-hybridized carbons (Fsp3) is 0.500. The molecular formula is C12H17ClN2O2S2. The SMILES string of the molecule is CSC1CCCC1NS(=O)(=O)c1cc(N)ccc1Cl. The highest BCUT2D eigenvalue weighted by molar-refractivity contribution is 7.99. The molecule has 4 nitrogen and oxygen atoms in total. The fourth-order valence-electron chi connectivity index (χ4n) is 2.33. The number of thioether (sulfide) groups is 1. The second-order valence-corrected chi connectivity index (χ2v) is 7.79. The van der Waals surface area contributed by atoms with Crippen molar-refractivity contribution in [2.75, 3.05) is 12.0 Å². The van der Waals surface area contributed by atoms with E-state index in [1.165, 1.54) is 12.1 Å². The first-order valence-corrected chi connectivity index (χ1v) is 9.19. The van der Waals surface area contributed by atoms with E-state index < -0.39 is 10.0 Å². The highest BCUT2D eigenvalue weighted by Crippen LogP contribution is 2.31. The average molecular weight is 321 g/mol. The van der Waals surface area contributed by atoms with Crippen molar-refractivity contribution in [3.8, 4) is 0 Å². The van der Waals surface area contributed by atoms with E-state index in [1.54, 1.807) is 17.8 Å². The molecule has 2 unspecified atom stereocenters. The summed E-state index contributed by atoms with van der Waals surface area (Å²) in [5, 5.41) is 0.523. The number of nitrogens with one attached hydrogen (secondary N) is 1. The van der Waals surface area contributed by atoms with Gasteiger partial charge in [0.2, 0.25) is 10.0 Å². The quantitative estimate of drug-likeness (QED) is 0.836. The number of halogens is 1. The van der Waals surface area contributed by atoms with Crippen LogP contribution in [0.2, 0.25) is 5.02 Å². The van der Waals surface area contributed by atoms with Gasteiger partial charge in [0.05, 0.1) is 5.02 Å². The Morgan fingerprint density at radius 2 is 2.16 bits per heavy atom. The first kappa shape index (κ1) is 15.0. The van der Waals surface area contributed by atoms with Crippen molar-refractivity contribution in [1.82, 2.24) is 4.72 Å². The first-order valence-electron chi connectivity index (χ1n) is 6.04. The van der Waals surface area contributed by atoms with E-state index in [0.717, 1.165) is 19.3 Å². The topological polar surface area (TPSA) is 72.2 Å². The molecular weight excluding hydrogens is 304 g/mol. The van der Waals surface area contributed by atoms with E-state index >= 15 is 0 Å². The number of sulfonamides is 1. The van der Waals surface area contributed by atoms with E-state index in [2.05, 4.69) is 4.72 Å². The van der Waals surface area contributed by atoms with Crippen LogP contribution in [0, 0.1) is 0 Å². The molecule has 1 aromatic rings. The van der Waals surface area contributed by atoms with Crippen molar-refractivity contribution in [2.24, 2.45) is 0 Å². The number of rotatable bonds is 4. The number of anilines is 1. The van der Waals surface area contributed by atoms with E-state index in [-0.39, 0.29) is 16.0 Å². The molecule has 0 aromatic heterocycles. The summed E-state index contributed by atoms with van der Waals surface area (Å²) in [4.78, 5) is 0.0564. The van der Waals surface area contributed by atoms with Gasteiger partial charge in [0.25, 0.3) is 0 Å². The molecule has 1 aliphatic rings. The zero-order chi connectivity index (χ0) is 14.0. The van der Waals surface area contributed by atoms with Crippen LogP contribution in [-0.2, 0) is 10.0 Å². The molecule has 0 amide bonds. The van der Waals surface area contributed by atoms with Crippen LogP contribution < -0.4 is 10.5 Å². The van der Waals surface area contributed by atoms with Crippen molar-refractivity contribution in [1.29, 1.82) is 0 Å². The lowest BCUT2D eigenvalue weighted by atomic mass is 10.3. The smallest absolute Gasteiger partial charge is 0.242 e. The predicted molar refractivity (Wildman–Crippen MR) is 81.1 cm³/mol. The molecule has 3 N–H and O–H groups in total. The maximum Gasteiger partial charge on any atom is 0.242 e. The number of hydrogen-bond donors (Lipinski definition) is 2. The largest absolute Gasteiger partial charge is 0.399 e. The van der Waals surface area contributed by atoms with Crippen molar-refractivity contribution in [2.45, 2.75) is 35.4 Å². The molecule has 7 heteroatoms. The molecule has 0 spiro atoms. The molecule has 1 saturated carbocycles. The molecule has 0 bridgehead atoms. The van der Waals surface area contributed by atoms with E-state index in [1.807, 2.05) is 6.26 Å². The summed E-state index contributed by atoms with van der Waals surface area (Å²) in [7, 11) is -3.62. The van der Waals surface area contributed by atoms with Gasteiger partial charge in [-0.15, -0.1) is 0 Å². The van der Waals surface area contributed by atoms with Gasteiger partial charge in [-0.1, -0.05) is 18.0 Å². The maximum atomic E-state index is 12.4. The molecule has 2 rings (SSSR count). The summed E-state index contributed by atoms with van der Waals surface area (Å²) in [5.41, 5.74) is 6.02. The summed E-state index contributed by atoms with van der Waals surface area (Å²) >= 11 is 7.66. The highest BCUT2D eigenvalue weighted by Gasteiger charge is 2.31. The van der Waals surface area contributed by atoms with E-state index in [0.29, 0.717) is 10.9 Å². The van der Waals surface area contributed by atoms with Crippen molar-refractivity contribution < 1.29 is 8.42 Å². The van der Waals surface area contributed by atoms with Gasteiger partial charge < -0.3 is 5.73 Å². The molecule has 1 aliphatic carbocycles. The molecule has 19 heavy (non-hydrogen) atoms. The van der Waals surface area contributed by atoms with Crippen LogP contribution in [0.4, 0.5) is 5.69 Å². The van der Waals surface area contributed by atoms with Gasteiger partial charge in [-0.25, -0.2) is 13.1 Å². The minimum atomic E-state index is -3.62. The lowest BCUT2D eigenvalue weighted by molar-refractivity contribution is 0.555. The van der Waals surface area contributed by atoms with Gasteiger partial charge in [0, 0.05) is 17.0 Å². The standard InChI is InChI=1S/C12H17ClN2O2S2/c1-18-11-4-2-3-10(11)15-19(16,17)12-7-8(14)5-6-9(12)13/h5-7,10-11,15H,2-4,14H2,1H3. The Morgan fingerprint density at radius 3 is 2.84 bits per heavy atom. The molecule has 106 valence electrons. The minimum absolute atomic E-state index is 0.0301. The van der Waals surface area contributed by atoms with Crippen LogP contribution in [0.15, 0.2) is 23.1 Å². The van der Waals surface area contributed by atoms with Gasteiger partial charge in [0.1, 0.15) is 4.90 Å². The molecule has 0 aliphatic heterocycles. The Kier molecular flexibility index (Phi) is 4.66. The van der Waals surface area contributed by atoms with Gasteiger partial charge in [-0.3, -0.25) is 0 Å². The van der Waals surface area contributed by atoms with Crippen LogP contribution in [-0.4, -0.2) is 26.0 Å². The third-order valence-corrected chi connectivity index (χ3v) is 6.45. The lowest BCUT2D eigenvalue weighted by Crippen LogP contribution is -2.38. The second-order valence-electron chi connectivity index (χ2n) is 4.62. The Balaban J connectivity index is 2.25. The summed E-state index contributed by atoms with van der Waals surface area (Å²) < 4.78 is 27.5. The van der Waals surface area contributed by atoms with Crippen LogP contribution in [0.5, 0.6) is 0 Å². The van der Waals surface area contributed by atoms with Crippen molar-refractivity contribution >= 4 is 39.1 Å². The van der Waals surface area contributed by atoms with Gasteiger partial charge in [-0.2, -0.15) is 11.8 Å². The molecule has 0 heterocycles. The third-order valence-electron chi connectivity index (χ3n) is 3.31. The molecule has 0 saturated heterocycles. The zero-order valence-electron chi connectivity index (χ0n) is 10.6. The molecule has 1 aromatic carbocycles. The normalized spacial score (nSPS) is 23.7.